The van der Waals surface area contributed by atoms with Gasteiger partial charge in [-0.2, -0.15) is 4.31 Å². The Labute approximate surface area is 169 Å². The van der Waals surface area contributed by atoms with Crippen molar-refractivity contribution in [1.29, 1.82) is 0 Å². The highest BCUT2D eigenvalue weighted by molar-refractivity contribution is 7.89. The molecule has 0 unspecified atom stereocenters. The first-order chi connectivity index (χ1) is 13.6. The number of hydrogen-bond acceptors (Lipinski definition) is 3. The van der Waals surface area contributed by atoms with Crippen molar-refractivity contribution >= 4 is 10.0 Å². The molecule has 28 heavy (non-hydrogen) atoms. The normalized spacial score (nSPS) is 19.1. The van der Waals surface area contributed by atoms with Gasteiger partial charge in [-0.05, 0) is 74.0 Å². The van der Waals surface area contributed by atoms with Crippen LogP contribution in [0.3, 0.4) is 0 Å². The van der Waals surface area contributed by atoms with E-state index in [1.165, 1.54) is 31.5 Å². The quantitative estimate of drug-likeness (QED) is 0.733. The molecule has 2 aromatic rings. The molecule has 2 heterocycles. The molecule has 0 N–H and O–H groups in total. The SMILES string of the molecule is O=S(=O)(c1cccc(-c2ccc(CCN3CCCC3)cc2)c1)N1CCCCC1. The van der Waals surface area contributed by atoms with Gasteiger partial charge in [0, 0.05) is 19.6 Å². The summed E-state index contributed by atoms with van der Waals surface area (Å²) >= 11 is 0. The summed E-state index contributed by atoms with van der Waals surface area (Å²) in [6.07, 6.45) is 6.76. The van der Waals surface area contributed by atoms with Crippen LogP contribution in [-0.2, 0) is 16.4 Å². The highest BCUT2D eigenvalue weighted by Gasteiger charge is 2.26. The van der Waals surface area contributed by atoms with Crippen LogP contribution in [0.5, 0.6) is 0 Å². The maximum atomic E-state index is 13.0. The third kappa shape index (κ3) is 4.48. The molecular formula is C23H30N2O2S. The molecule has 5 heteroatoms. The lowest BCUT2D eigenvalue weighted by Gasteiger charge is -2.26. The Morgan fingerprint density at radius 2 is 1.43 bits per heavy atom. The van der Waals surface area contributed by atoms with Crippen LogP contribution in [0.1, 0.15) is 37.7 Å². The molecule has 0 aliphatic carbocycles. The molecule has 2 fully saturated rings. The monoisotopic (exact) mass is 398 g/mol. The van der Waals surface area contributed by atoms with Crippen LogP contribution in [0.4, 0.5) is 0 Å². The molecule has 0 saturated carbocycles. The molecular weight excluding hydrogens is 368 g/mol. The van der Waals surface area contributed by atoms with Crippen LogP contribution in [0, 0.1) is 0 Å². The van der Waals surface area contributed by atoms with Crippen LogP contribution < -0.4 is 0 Å². The maximum absolute atomic E-state index is 13.0. The molecule has 0 bridgehead atoms. The fourth-order valence-corrected chi connectivity index (χ4v) is 5.81. The third-order valence-electron chi connectivity index (χ3n) is 5.99. The summed E-state index contributed by atoms with van der Waals surface area (Å²) in [7, 11) is -3.39. The summed E-state index contributed by atoms with van der Waals surface area (Å²) in [6.45, 7) is 4.87. The molecule has 2 aromatic carbocycles. The summed E-state index contributed by atoms with van der Waals surface area (Å²) in [5.41, 5.74) is 3.37. The van der Waals surface area contributed by atoms with Crippen molar-refractivity contribution in [2.75, 3.05) is 32.7 Å². The summed E-state index contributed by atoms with van der Waals surface area (Å²) in [5, 5.41) is 0. The van der Waals surface area contributed by atoms with E-state index < -0.39 is 10.0 Å². The van der Waals surface area contributed by atoms with Crippen LogP contribution in [-0.4, -0.2) is 50.3 Å². The minimum atomic E-state index is -3.39. The number of benzene rings is 2. The van der Waals surface area contributed by atoms with Crippen LogP contribution in [0.25, 0.3) is 11.1 Å². The maximum Gasteiger partial charge on any atom is 0.243 e. The Hall–Kier alpha value is -1.69. The molecule has 4 rings (SSSR count). The van der Waals surface area contributed by atoms with Gasteiger partial charge in [0.05, 0.1) is 4.90 Å². The van der Waals surface area contributed by atoms with E-state index in [1.54, 1.807) is 10.4 Å². The van der Waals surface area contributed by atoms with Crippen molar-refractivity contribution in [3.8, 4) is 11.1 Å². The zero-order valence-electron chi connectivity index (χ0n) is 16.5. The second-order valence-electron chi connectivity index (χ2n) is 7.99. The fraction of sp³-hybridized carbons (Fsp3) is 0.478. The molecule has 4 nitrogen and oxygen atoms in total. The Bertz CT molecular complexity index is 881. The van der Waals surface area contributed by atoms with Gasteiger partial charge in [0.1, 0.15) is 0 Å². The van der Waals surface area contributed by atoms with Gasteiger partial charge >= 0.3 is 0 Å². The van der Waals surface area contributed by atoms with Gasteiger partial charge in [-0.25, -0.2) is 8.42 Å². The lowest BCUT2D eigenvalue weighted by molar-refractivity contribution is 0.343. The van der Waals surface area contributed by atoms with E-state index in [2.05, 4.69) is 29.2 Å². The van der Waals surface area contributed by atoms with E-state index in [9.17, 15) is 8.42 Å². The zero-order chi connectivity index (χ0) is 19.4. The van der Waals surface area contributed by atoms with Gasteiger partial charge in [0.15, 0.2) is 0 Å². The van der Waals surface area contributed by atoms with E-state index in [0.29, 0.717) is 18.0 Å². The minimum absolute atomic E-state index is 0.407. The third-order valence-corrected chi connectivity index (χ3v) is 7.88. The van der Waals surface area contributed by atoms with Crippen LogP contribution >= 0.6 is 0 Å². The summed E-state index contributed by atoms with van der Waals surface area (Å²) in [4.78, 5) is 2.94. The largest absolute Gasteiger partial charge is 0.303 e. The standard InChI is InChI=1S/C23H30N2O2S/c26-28(27,25-16-2-1-3-17-25)23-8-6-7-22(19-23)21-11-9-20(10-12-21)13-18-24-14-4-5-15-24/h6-12,19H,1-5,13-18H2. The molecule has 0 amide bonds. The Kier molecular flexibility index (Phi) is 6.14. The zero-order valence-corrected chi connectivity index (χ0v) is 17.3. The van der Waals surface area contributed by atoms with Gasteiger partial charge in [0.2, 0.25) is 10.0 Å². The van der Waals surface area contributed by atoms with Crippen LogP contribution in [0.15, 0.2) is 53.4 Å². The second kappa shape index (κ2) is 8.76. The van der Waals surface area contributed by atoms with Gasteiger partial charge in [-0.3, -0.25) is 0 Å². The summed E-state index contributed by atoms with van der Waals surface area (Å²) in [5.74, 6) is 0. The van der Waals surface area contributed by atoms with Gasteiger partial charge in [-0.15, -0.1) is 0 Å². The van der Waals surface area contributed by atoms with Crippen molar-refractivity contribution < 1.29 is 8.42 Å². The van der Waals surface area contributed by atoms with Crippen LogP contribution in [0.2, 0.25) is 0 Å². The first-order valence-electron chi connectivity index (χ1n) is 10.5. The molecule has 0 radical (unpaired) electrons. The lowest BCUT2D eigenvalue weighted by atomic mass is 10.0. The topological polar surface area (TPSA) is 40.6 Å². The number of nitrogens with zero attached hydrogens (tertiary/aromatic N) is 2. The van der Waals surface area contributed by atoms with Crippen molar-refractivity contribution in [2.24, 2.45) is 0 Å². The number of sulfonamides is 1. The number of hydrogen-bond donors (Lipinski definition) is 0. The van der Waals surface area contributed by atoms with Crippen molar-refractivity contribution in [3.05, 3.63) is 54.1 Å². The molecule has 0 aromatic heterocycles. The van der Waals surface area contributed by atoms with Crippen molar-refractivity contribution in [2.45, 2.75) is 43.4 Å². The van der Waals surface area contributed by atoms with Gasteiger partial charge in [-0.1, -0.05) is 42.8 Å². The first kappa shape index (κ1) is 19.6. The van der Waals surface area contributed by atoms with Crippen molar-refractivity contribution in [1.82, 2.24) is 9.21 Å². The highest BCUT2D eigenvalue weighted by atomic mass is 32.2. The Balaban J connectivity index is 1.47. The average molecular weight is 399 g/mol. The summed E-state index contributed by atoms with van der Waals surface area (Å²) in [6, 6.07) is 16.0. The van der Waals surface area contributed by atoms with E-state index in [-0.39, 0.29) is 0 Å². The fourth-order valence-electron chi connectivity index (χ4n) is 4.25. The predicted molar refractivity (Wildman–Crippen MR) is 114 cm³/mol. The molecule has 2 aliphatic heterocycles. The Morgan fingerprint density at radius 3 is 2.14 bits per heavy atom. The van der Waals surface area contributed by atoms with E-state index in [0.717, 1.165) is 43.4 Å². The first-order valence-corrected chi connectivity index (χ1v) is 12.0. The summed E-state index contributed by atoms with van der Waals surface area (Å²) < 4.78 is 27.6. The number of likely N-dealkylation sites (tertiary alicyclic amines) is 1. The molecule has 0 atom stereocenters. The predicted octanol–water partition coefficient (Wildman–Crippen LogP) is 4.17. The average Bonchev–Trinajstić information content (AvgIpc) is 3.27. The second-order valence-corrected chi connectivity index (χ2v) is 9.93. The molecule has 2 saturated heterocycles. The number of piperidine rings is 1. The molecule has 0 spiro atoms. The highest BCUT2D eigenvalue weighted by Crippen LogP contribution is 2.26. The Morgan fingerprint density at radius 1 is 0.750 bits per heavy atom. The van der Waals surface area contributed by atoms with Gasteiger partial charge in [0.25, 0.3) is 0 Å². The smallest absolute Gasteiger partial charge is 0.243 e. The minimum Gasteiger partial charge on any atom is -0.303 e. The lowest BCUT2D eigenvalue weighted by Crippen LogP contribution is -2.35. The van der Waals surface area contributed by atoms with Gasteiger partial charge < -0.3 is 4.90 Å². The molecule has 150 valence electrons. The van der Waals surface area contributed by atoms with E-state index >= 15 is 0 Å². The van der Waals surface area contributed by atoms with E-state index in [1.807, 2.05) is 18.2 Å². The van der Waals surface area contributed by atoms with Crippen molar-refractivity contribution in [3.63, 3.8) is 0 Å². The molecule has 2 aliphatic rings. The van der Waals surface area contributed by atoms with E-state index in [4.69, 9.17) is 0 Å². The number of rotatable bonds is 6.